The third-order valence-corrected chi connectivity index (χ3v) is 15.4. The molecular formula is C32H43N9O13P2S. The predicted molar refractivity (Wildman–Crippen MR) is 199 cm³/mol. The summed E-state index contributed by atoms with van der Waals surface area (Å²) in [6.07, 6.45) is -2.85. The summed E-state index contributed by atoms with van der Waals surface area (Å²) in [4.78, 5) is 49.5. The van der Waals surface area contributed by atoms with Crippen molar-refractivity contribution in [2.45, 2.75) is 83.8 Å². The maximum Gasteiger partial charge on any atom is 0.475 e. The van der Waals surface area contributed by atoms with E-state index in [1.54, 1.807) is 39.2 Å². The van der Waals surface area contributed by atoms with Gasteiger partial charge in [-0.3, -0.25) is 36.8 Å². The smallest absolute Gasteiger partial charge is 0.454 e. The fraction of sp³-hybridized carbons (Fsp3) is 0.656. The normalized spacial score (nSPS) is 35.6. The number of nitrogens with zero attached hydrogens (tertiary/aromatic N) is 7. The lowest BCUT2D eigenvalue weighted by molar-refractivity contribution is -0.150. The molecule has 22 nitrogen and oxygen atoms in total. The van der Waals surface area contributed by atoms with E-state index in [1.807, 2.05) is 0 Å². The molecule has 0 amide bonds. The number of esters is 1. The van der Waals surface area contributed by atoms with Gasteiger partial charge in [-0.2, -0.15) is 0 Å². The highest BCUT2D eigenvalue weighted by Gasteiger charge is 2.74. The lowest BCUT2D eigenvalue weighted by Crippen LogP contribution is -2.38. The van der Waals surface area contributed by atoms with Crippen LogP contribution in [0.4, 0.5) is 5.82 Å². The van der Waals surface area contributed by atoms with Gasteiger partial charge in [-0.05, 0) is 47.0 Å². The molecule has 6 heterocycles. The van der Waals surface area contributed by atoms with E-state index in [0.717, 1.165) is 0 Å². The van der Waals surface area contributed by atoms with Crippen molar-refractivity contribution in [1.29, 1.82) is 0 Å². The van der Waals surface area contributed by atoms with Crippen LogP contribution in [0.1, 0.15) is 52.2 Å². The number of carbonyl (C=O) groups excluding carboxylic acids is 1. The first kappa shape index (κ1) is 40.4. The molecule has 310 valence electrons. The van der Waals surface area contributed by atoms with Crippen molar-refractivity contribution in [2.75, 3.05) is 38.6 Å². The largest absolute Gasteiger partial charge is 0.475 e. The maximum absolute atomic E-state index is 15.0. The molecule has 57 heavy (non-hydrogen) atoms. The van der Waals surface area contributed by atoms with E-state index < -0.39 is 98.2 Å². The van der Waals surface area contributed by atoms with Crippen molar-refractivity contribution in [3.63, 3.8) is 0 Å². The van der Waals surface area contributed by atoms with Crippen LogP contribution in [0.3, 0.4) is 0 Å². The first-order chi connectivity index (χ1) is 27.0. The van der Waals surface area contributed by atoms with Gasteiger partial charge in [0, 0.05) is 23.9 Å². The number of ether oxygens (including phenoxy) is 3. The number of nitrogens with two attached hydrogens (primary N) is 1. The highest BCUT2D eigenvalue weighted by molar-refractivity contribution is 8.55. The number of aryl methyl sites for hydroxylation is 1. The number of phosphoric acid groups is 1. The summed E-state index contributed by atoms with van der Waals surface area (Å²) in [7, 11) is -3.16. The van der Waals surface area contributed by atoms with E-state index in [-0.39, 0.29) is 30.2 Å². The Morgan fingerprint density at radius 1 is 1.12 bits per heavy atom. The highest BCUT2D eigenvalue weighted by Crippen LogP contribution is 2.74. The number of aliphatic hydroxyl groups excluding tert-OH is 1. The van der Waals surface area contributed by atoms with Crippen molar-refractivity contribution in [3.8, 4) is 0 Å². The van der Waals surface area contributed by atoms with Crippen LogP contribution in [-0.2, 0) is 50.8 Å². The Hall–Kier alpha value is -3.34. The van der Waals surface area contributed by atoms with E-state index >= 15 is 0 Å². The quantitative estimate of drug-likeness (QED) is 0.130. The van der Waals surface area contributed by atoms with E-state index in [0.29, 0.717) is 34.8 Å². The number of aromatic amines is 1. The van der Waals surface area contributed by atoms with Crippen molar-refractivity contribution >= 4 is 60.1 Å². The molecule has 8 rings (SSSR count). The number of methoxy groups -OCH3 is 1. The number of hydrogen-bond donors (Lipinski definition) is 3. The van der Waals surface area contributed by atoms with Crippen molar-refractivity contribution < 1.29 is 55.9 Å². The van der Waals surface area contributed by atoms with Crippen LogP contribution in [-0.4, -0.2) is 114 Å². The Morgan fingerprint density at radius 2 is 1.88 bits per heavy atom. The number of nitrogens with one attached hydrogen (secondary N) is 1. The fourth-order valence-corrected chi connectivity index (χ4v) is 12.1. The molecule has 0 aromatic carbocycles. The fourth-order valence-electron chi connectivity index (χ4n) is 7.81. The minimum atomic E-state index is -4.53. The molecule has 1 spiro atoms. The molecule has 0 radical (unpaired) electrons. The SMILES string of the molecule is CCOP1(=O)OC[C@]23C[C@@H]2[C@@H](n2cnc4c(N)ncnc42)[C@H](O)[C@@H]3OP(=O)(SCOC(=O)C(C)(C)C)OC[C@H]2O[C@@H](n3cnc4c(=O)[nH]c(C)nc43)[C@H](O1)[C@@H]2OC. The van der Waals surface area contributed by atoms with Gasteiger partial charge in [-0.15, -0.1) is 0 Å². The number of aliphatic hydroxyl groups is 1. The van der Waals surface area contributed by atoms with Gasteiger partial charge in [0.05, 0.1) is 43.9 Å². The second-order valence-electron chi connectivity index (χ2n) is 15.3. The molecule has 25 heteroatoms. The number of rotatable bonds is 8. The van der Waals surface area contributed by atoms with E-state index in [1.165, 1.54) is 30.7 Å². The predicted octanol–water partition coefficient (Wildman–Crippen LogP) is 3.03. The Labute approximate surface area is 328 Å². The van der Waals surface area contributed by atoms with Crippen molar-refractivity contribution in [3.05, 3.63) is 35.2 Å². The summed E-state index contributed by atoms with van der Waals surface area (Å²) in [5.41, 5.74) is 4.40. The number of phosphoric ester groups is 1. The van der Waals surface area contributed by atoms with Gasteiger partial charge < -0.3 is 34.6 Å². The van der Waals surface area contributed by atoms with Gasteiger partial charge in [-0.1, -0.05) is 0 Å². The molecule has 2 saturated heterocycles. The minimum Gasteiger partial charge on any atom is -0.454 e. The van der Waals surface area contributed by atoms with Gasteiger partial charge >= 0.3 is 20.6 Å². The molecule has 4 N–H and O–H groups in total. The molecule has 2 aliphatic heterocycles. The topological polar surface area (TPSA) is 278 Å². The lowest BCUT2D eigenvalue weighted by atomic mass is 9.98. The Bertz CT molecular complexity index is 2350. The molecule has 4 aromatic rings. The van der Waals surface area contributed by atoms with Gasteiger partial charge in [0.1, 0.15) is 54.1 Å². The zero-order valence-corrected chi connectivity index (χ0v) is 34.3. The lowest BCUT2D eigenvalue weighted by Gasteiger charge is -2.32. The molecule has 2 aliphatic carbocycles. The summed E-state index contributed by atoms with van der Waals surface area (Å²) in [5, 5.41) is 12.1. The average molecular weight is 856 g/mol. The third-order valence-electron chi connectivity index (χ3n) is 10.6. The monoisotopic (exact) mass is 855 g/mol. The van der Waals surface area contributed by atoms with E-state index in [4.69, 9.17) is 42.6 Å². The van der Waals surface area contributed by atoms with Gasteiger partial charge in [0.2, 0.25) is 0 Å². The summed E-state index contributed by atoms with van der Waals surface area (Å²) in [6.45, 7) is 2.90. The van der Waals surface area contributed by atoms with Crippen molar-refractivity contribution in [1.82, 2.24) is 39.0 Å². The van der Waals surface area contributed by atoms with Crippen LogP contribution < -0.4 is 11.3 Å². The number of aromatic nitrogens is 8. The molecule has 2 unspecified atom stereocenters. The van der Waals surface area contributed by atoms with Crippen molar-refractivity contribution in [2.24, 2.45) is 16.7 Å². The summed E-state index contributed by atoms with van der Waals surface area (Å²) in [5.74, 6) is -0.976. The zero-order valence-electron chi connectivity index (χ0n) is 31.7. The zero-order chi connectivity index (χ0) is 40.7. The van der Waals surface area contributed by atoms with E-state index in [2.05, 4.69) is 29.9 Å². The standard InChI is InChI=1S/C32H43N9O13P2S/c1-7-49-55(45)51-10-32-8-16(32)20(40-12-36-18-25(33)34-11-35-26(18)40)21(42)24(32)54-56(46,57-14-48-30(44)31(3,4)5)50-9-17-22(47-6)23(53-55)29(52-17)41-13-37-19-27(41)38-15(2)39-28(19)43/h11-13,16-17,20-24,29,42H,7-10,14H2,1-6H3,(H2,33,34,35)(H,38,39,43)/t16-,17-,20-,21+,22-,23-,24+,29-,32-,55?,56?/m1/s1. The Morgan fingerprint density at radius 3 is 2.61 bits per heavy atom. The van der Waals surface area contributed by atoms with Gasteiger partial charge in [0.15, 0.2) is 28.9 Å². The molecule has 2 saturated carbocycles. The summed E-state index contributed by atoms with van der Waals surface area (Å²) < 4.78 is 81.2. The maximum atomic E-state index is 15.0. The number of nitrogen functional groups attached to an aromatic ring is 1. The van der Waals surface area contributed by atoms with Crippen LogP contribution in [0, 0.1) is 23.7 Å². The highest BCUT2D eigenvalue weighted by atomic mass is 32.7. The minimum absolute atomic E-state index is 0.00782. The molecule has 11 atom stereocenters. The number of anilines is 1. The molecule has 4 aliphatic rings. The van der Waals surface area contributed by atoms with Gasteiger partial charge in [0.25, 0.3) is 5.56 Å². The number of carbonyl (C=O) groups is 1. The molecular weight excluding hydrogens is 812 g/mol. The van der Waals surface area contributed by atoms with Crippen LogP contribution in [0.15, 0.2) is 23.8 Å². The second kappa shape index (κ2) is 14.7. The average Bonchev–Trinajstić information content (AvgIpc) is 3.44. The number of H-pyrrole nitrogens is 1. The molecule has 2 bridgehead atoms. The van der Waals surface area contributed by atoms with Gasteiger partial charge in [-0.25, -0.2) is 34.0 Å². The second-order valence-corrected chi connectivity index (χ2v) is 20.9. The number of imidazole rings is 2. The number of fused-ring (bicyclic) bond motifs is 4. The Kier molecular flexibility index (Phi) is 10.5. The Balaban J connectivity index is 1.19. The first-order valence-electron chi connectivity index (χ1n) is 18.1. The van der Waals surface area contributed by atoms with Crippen LogP contribution >= 0.6 is 26.0 Å². The van der Waals surface area contributed by atoms with E-state index in [9.17, 15) is 23.8 Å². The number of hydrogen-bond acceptors (Lipinski definition) is 20. The molecule has 4 fully saturated rings. The summed E-state index contributed by atoms with van der Waals surface area (Å²) >= 11 is 0.607. The van der Waals surface area contributed by atoms with Crippen LogP contribution in [0.25, 0.3) is 22.3 Å². The molecule has 4 aromatic heterocycles. The first-order valence-corrected chi connectivity index (χ1v) is 22.7. The summed E-state index contributed by atoms with van der Waals surface area (Å²) in [6, 6.07) is -0.759. The third kappa shape index (κ3) is 7.13. The van der Waals surface area contributed by atoms with Crippen LogP contribution in [0.2, 0.25) is 0 Å². The van der Waals surface area contributed by atoms with Crippen LogP contribution in [0.5, 0.6) is 0 Å².